The zero-order chi connectivity index (χ0) is 20.9. The third-order valence-electron chi connectivity index (χ3n) is 4.10. The van der Waals surface area contributed by atoms with Crippen LogP contribution in [-0.4, -0.2) is 38.6 Å². The average molecular weight is 416 g/mol. The van der Waals surface area contributed by atoms with Gasteiger partial charge >= 0.3 is 0 Å². The Morgan fingerprint density at radius 1 is 1.14 bits per heavy atom. The van der Waals surface area contributed by atoms with Gasteiger partial charge < -0.3 is 14.6 Å². The SMILES string of the molecule is CNS(=O)(=O)c1ccc(NC(=O)CCc2nc(-c3ccccc3OC)no2)cc1. The predicted molar refractivity (Wildman–Crippen MR) is 106 cm³/mol. The minimum Gasteiger partial charge on any atom is -0.496 e. The Hall–Kier alpha value is -3.24. The summed E-state index contributed by atoms with van der Waals surface area (Å²) in [7, 11) is -0.619. The first-order chi connectivity index (χ1) is 13.9. The molecule has 0 radical (unpaired) electrons. The molecule has 0 saturated carbocycles. The van der Waals surface area contributed by atoms with Crippen LogP contribution in [0.15, 0.2) is 57.9 Å². The van der Waals surface area contributed by atoms with Crippen LogP contribution in [0.1, 0.15) is 12.3 Å². The second kappa shape index (κ2) is 8.84. The number of carbonyl (C=O) groups excluding carboxylic acids is 1. The summed E-state index contributed by atoms with van der Waals surface area (Å²) in [5.74, 6) is 1.09. The van der Waals surface area contributed by atoms with E-state index in [2.05, 4.69) is 20.2 Å². The lowest BCUT2D eigenvalue weighted by Crippen LogP contribution is -2.18. The summed E-state index contributed by atoms with van der Waals surface area (Å²) in [6.45, 7) is 0. The van der Waals surface area contributed by atoms with Crippen LogP contribution in [0.2, 0.25) is 0 Å². The van der Waals surface area contributed by atoms with Gasteiger partial charge in [0.2, 0.25) is 27.6 Å². The van der Waals surface area contributed by atoms with Gasteiger partial charge in [0.15, 0.2) is 0 Å². The molecule has 0 fully saturated rings. The fraction of sp³-hybridized carbons (Fsp3) is 0.211. The standard InChI is InChI=1S/C19H20N4O5S/c1-20-29(25,26)14-9-7-13(8-10-14)21-17(24)11-12-18-22-19(23-28-18)15-5-3-4-6-16(15)27-2/h3-10,20H,11-12H2,1-2H3,(H,21,24). The van der Waals surface area contributed by atoms with Crippen molar-refractivity contribution in [1.29, 1.82) is 0 Å². The molecule has 0 aliphatic carbocycles. The first-order valence-electron chi connectivity index (χ1n) is 8.72. The van der Waals surface area contributed by atoms with Crippen LogP contribution < -0.4 is 14.8 Å². The number of hydrogen-bond donors (Lipinski definition) is 2. The molecule has 152 valence electrons. The number of hydrogen-bond acceptors (Lipinski definition) is 7. The molecule has 1 aromatic heterocycles. The van der Waals surface area contributed by atoms with Gasteiger partial charge in [0.1, 0.15) is 5.75 Å². The number of amides is 1. The lowest BCUT2D eigenvalue weighted by molar-refractivity contribution is -0.116. The van der Waals surface area contributed by atoms with Crippen molar-refractivity contribution in [3.05, 3.63) is 54.4 Å². The first kappa shape index (κ1) is 20.5. The van der Waals surface area contributed by atoms with E-state index in [0.29, 0.717) is 28.7 Å². The van der Waals surface area contributed by atoms with Crippen LogP contribution in [0.25, 0.3) is 11.4 Å². The number of nitrogens with zero attached hydrogens (tertiary/aromatic N) is 2. The van der Waals surface area contributed by atoms with Gasteiger partial charge in [-0.3, -0.25) is 4.79 Å². The number of benzene rings is 2. The summed E-state index contributed by atoms with van der Waals surface area (Å²) < 4.78 is 36.1. The normalized spacial score (nSPS) is 11.2. The highest BCUT2D eigenvalue weighted by atomic mass is 32.2. The minimum absolute atomic E-state index is 0.118. The van der Waals surface area contributed by atoms with Crippen LogP contribution >= 0.6 is 0 Å². The Balaban J connectivity index is 1.58. The average Bonchev–Trinajstić information content (AvgIpc) is 3.21. The Morgan fingerprint density at radius 2 is 1.86 bits per heavy atom. The van der Waals surface area contributed by atoms with Gasteiger partial charge in [0.25, 0.3) is 0 Å². The van der Waals surface area contributed by atoms with Gasteiger partial charge in [0.05, 0.1) is 17.6 Å². The molecule has 3 rings (SSSR count). The summed E-state index contributed by atoms with van der Waals surface area (Å²) in [5, 5.41) is 6.64. The second-order valence-electron chi connectivity index (χ2n) is 5.99. The summed E-state index contributed by atoms with van der Waals surface area (Å²) in [6, 6.07) is 13.2. The quantitative estimate of drug-likeness (QED) is 0.577. The van der Waals surface area contributed by atoms with E-state index in [1.165, 1.54) is 31.3 Å². The molecule has 0 saturated heterocycles. The van der Waals surface area contributed by atoms with Crippen LogP contribution in [-0.2, 0) is 21.2 Å². The summed E-state index contributed by atoms with van der Waals surface area (Å²) in [4.78, 5) is 16.6. The molecule has 0 unspecified atom stereocenters. The van der Waals surface area contributed by atoms with Crippen molar-refractivity contribution < 1.29 is 22.5 Å². The highest BCUT2D eigenvalue weighted by Gasteiger charge is 2.14. The van der Waals surface area contributed by atoms with Gasteiger partial charge in [-0.15, -0.1) is 0 Å². The van der Waals surface area contributed by atoms with Crippen molar-refractivity contribution in [1.82, 2.24) is 14.9 Å². The molecule has 10 heteroatoms. The maximum absolute atomic E-state index is 12.1. The monoisotopic (exact) mass is 416 g/mol. The third kappa shape index (κ3) is 4.98. The topological polar surface area (TPSA) is 123 Å². The molecule has 2 N–H and O–H groups in total. The zero-order valence-electron chi connectivity index (χ0n) is 15.9. The maximum atomic E-state index is 12.1. The van der Waals surface area contributed by atoms with Gasteiger partial charge in [0, 0.05) is 18.5 Å². The van der Waals surface area contributed by atoms with E-state index in [4.69, 9.17) is 9.26 Å². The Kier molecular flexibility index (Phi) is 6.25. The number of ether oxygens (including phenoxy) is 1. The fourth-order valence-corrected chi connectivity index (χ4v) is 3.30. The number of anilines is 1. The van der Waals surface area contributed by atoms with E-state index < -0.39 is 10.0 Å². The van der Waals surface area contributed by atoms with Crippen molar-refractivity contribution in [2.45, 2.75) is 17.7 Å². The van der Waals surface area contributed by atoms with Gasteiger partial charge in [-0.2, -0.15) is 4.98 Å². The molecule has 0 aliphatic rings. The Bertz CT molecular complexity index is 1090. The Morgan fingerprint density at radius 3 is 2.55 bits per heavy atom. The number of sulfonamides is 1. The fourth-order valence-electron chi connectivity index (χ4n) is 2.57. The first-order valence-corrected chi connectivity index (χ1v) is 10.2. The van der Waals surface area contributed by atoms with E-state index in [1.807, 2.05) is 18.2 Å². The van der Waals surface area contributed by atoms with Gasteiger partial charge in [-0.05, 0) is 43.4 Å². The van der Waals surface area contributed by atoms with E-state index in [1.54, 1.807) is 13.2 Å². The number of rotatable bonds is 8. The molecule has 0 bridgehead atoms. The molecule has 0 atom stereocenters. The molecule has 0 spiro atoms. The van der Waals surface area contributed by atoms with Gasteiger partial charge in [-0.1, -0.05) is 17.3 Å². The van der Waals surface area contributed by atoms with Crippen molar-refractivity contribution in [3.63, 3.8) is 0 Å². The molecular formula is C19H20N4O5S. The van der Waals surface area contributed by atoms with E-state index in [9.17, 15) is 13.2 Å². The number of carbonyl (C=O) groups is 1. The molecule has 29 heavy (non-hydrogen) atoms. The van der Waals surface area contributed by atoms with E-state index in [-0.39, 0.29) is 23.6 Å². The van der Waals surface area contributed by atoms with Crippen molar-refractivity contribution in [2.24, 2.45) is 0 Å². The smallest absolute Gasteiger partial charge is 0.240 e. The van der Waals surface area contributed by atoms with Crippen LogP contribution in [0.3, 0.4) is 0 Å². The van der Waals surface area contributed by atoms with Crippen LogP contribution in [0.4, 0.5) is 5.69 Å². The third-order valence-corrected chi connectivity index (χ3v) is 5.53. The van der Waals surface area contributed by atoms with Crippen LogP contribution in [0, 0.1) is 0 Å². The zero-order valence-corrected chi connectivity index (χ0v) is 16.7. The Labute approximate surface area is 168 Å². The number of aromatic nitrogens is 2. The van der Waals surface area contributed by atoms with Crippen molar-refractivity contribution in [2.75, 3.05) is 19.5 Å². The van der Waals surface area contributed by atoms with E-state index >= 15 is 0 Å². The molecule has 1 heterocycles. The highest BCUT2D eigenvalue weighted by molar-refractivity contribution is 7.89. The number of aryl methyl sites for hydroxylation is 1. The summed E-state index contributed by atoms with van der Waals surface area (Å²) >= 11 is 0. The highest BCUT2D eigenvalue weighted by Crippen LogP contribution is 2.27. The molecule has 9 nitrogen and oxygen atoms in total. The lowest BCUT2D eigenvalue weighted by Gasteiger charge is -2.06. The molecule has 2 aromatic carbocycles. The maximum Gasteiger partial charge on any atom is 0.240 e. The minimum atomic E-state index is -3.51. The largest absolute Gasteiger partial charge is 0.496 e. The predicted octanol–water partition coefficient (Wildman–Crippen LogP) is 2.22. The van der Waals surface area contributed by atoms with Crippen molar-refractivity contribution in [3.8, 4) is 17.1 Å². The van der Waals surface area contributed by atoms with Gasteiger partial charge in [-0.25, -0.2) is 13.1 Å². The molecule has 1 amide bonds. The number of para-hydroxylation sites is 1. The van der Waals surface area contributed by atoms with Crippen molar-refractivity contribution >= 4 is 21.6 Å². The summed E-state index contributed by atoms with van der Waals surface area (Å²) in [5.41, 5.74) is 1.19. The lowest BCUT2D eigenvalue weighted by atomic mass is 10.2. The van der Waals surface area contributed by atoms with Crippen LogP contribution in [0.5, 0.6) is 5.75 Å². The number of nitrogens with one attached hydrogen (secondary N) is 2. The molecular weight excluding hydrogens is 396 g/mol. The second-order valence-corrected chi connectivity index (χ2v) is 7.88. The van der Waals surface area contributed by atoms with E-state index in [0.717, 1.165) is 0 Å². The molecule has 3 aromatic rings. The number of methoxy groups -OCH3 is 1. The molecule has 0 aliphatic heterocycles. The summed E-state index contributed by atoms with van der Waals surface area (Å²) in [6.07, 6.45) is 0.393.